The summed E-state index contributed by atoms with van der Waals surface area (Å²) in [7, 11) is 1.73. The van der Waals surface area contributed by atoms with Gasteiger partial charge in [0.05, 0.1) is 7.11 Å². The van der Waals surface area contributed by atoms with Gasteiger partial charge >= 0.3 is 0 Å². The lowest BCUT2D eigenvalue weighted by molar-refractivity contribution is -0.117. The molecule has 0 unspecified atom stereocenters. The number of rotatable bonds is 5. The molecule has 0 radical (unpaired) electrons. The Balaban J connectivity index is 3.09. The Morgan fingerprint density at radius 3 is 2.37 bits per heavy atom. The van der Waals surface area contributed by atoms with E-state index in [-0.39, 0.29) is 11.2 Å². The molecule has 0 atom stereocenters. The second-order valence-electron chi connectivity index (χ2n) is 6.31. The van der Waals surface area contributed by atoms with Gasteiger partial charge in [-0.05, 0) is 37.7 Å². The third kappa shape index (κ3) is 4.38. The van der Waals surface area contributed by atoms with Gasteiger partial charge in [-0.25, -0.2) is 0 Å². The summed E-state index contributed by atoms with van der Waals surface area (Å²) >= 11 is 0. The number of ketones is 1. The molecule has 1 rings (SSSR count). The summed E-state index contributed by atoms with van der Waals surface area (Å²) in [6.07, 6.45) is 2.42. The molecule has 0 aromatic heterocycles. The Morgan fingerprint density at radius 2 is 1.89 bits per heavy atom. The van der Waals surface area contributed by atoms with E-state index in [2.05, 4.69) is 39.8 Å². The number of carbonyl (C=O) groups excluding carboxylic acids is 1. The first-order valence-electron chi connectivity index (χ1n) is 6.93. The van der Waals surface area contributed by atoms with Crippen LogP contribution >= 0.6 is 0 Å². The molecule has 0 bridgehead atoms. The Labute approximate surface area is 117 Å². The molecule has 0 aliphatic rings. The fourth-order valence-corrected chi connectivity index (χ4v) is 2.36. The van der Waals surface area contributed by atoms with Crippen molar-refractivity contribution in [3.63, 3.8) is 0 Å². The van der Waals surface area contributed by atoms with E-state index < -0.39 is 0 Å². The molecule has 0 saturated heterocycles. The van der Waals surface area contributed by atoms with Crippen LogP contribution in [0.2, 0.25) is 0 Å². The summed E-state index contributed by atoms with van der Waals surface area (Å²) < 4.78 is 5.63. The van der Waals surface area contributed by atoms with Crippen LogP contribution in [0.3, 0.4) is 0 Å². The van der Waals surface area contributed by atoms with Gasteiger partial charge in [0.15, 0.2) is 0 Å². The molecule has 0 aliphatic heterocycles. The molecule has 106 valence electrons. The zero-order valence-electron chi connectivity index (χ0n) is 13.1. The Hall–Kier alpha value is -1.31. The molecule has 19 heavy (non-hydrogen) atoms. The highest BCUT2D eigenvalue weighted by Gasteiger charge is 2.21. The van der Waals surface area contributed by atoms with Gasteiger partial charge in [0.25, 0.3) is 0 Å². The molecule has 0 spiro atoms. The van der Waals surface area contributed by atoms with Gasteiger partial charge < -0.3 is 9.53 Å². The summed E-state index contributed by atoms with van der Waals surface area (Å²) in [5.74, 6) is 1.24. The van der Waals surface area contributed by atoms with E-state index in [9.17, 15) is 4.79 Å². The predicted octanol–water partition coefficient (Wildman–Crippen LogP) is 4.21. The molecule has 0 amide bonds. The van der Waals surface area contributed by atoms with E-state index in [4.69, 9.17) is 4.74 Å². The van der Waals surface area contributed by atoms with Crippen molar-refractivity contribution >= 4 is 5.78 Å². The zero-order chi connectivity index (χ0) is 14.6. The highest BCUT2D eigenvalue weighted by molar-refractivity contribution is 5.75. The van der Waals surface area contributed by atoms with Crippen molar-refractivity contribution in [1.82, 2.24) is 0 Å². The fraction of sp³-hybridized carbons (Fsp3) is 0.588. The molecule has 0 N–H and O–H groups in total. The first kappa shape index (κ1) is 15.7. The molecule has 1 aromatic carbocycles. The summed E-state index contributed by atoms with van der Waals surface area (Å²) in [6.45, 7) is 10.4. The number of Topliss-reactive ketones (excluding diaryl/α,β-unsaturated/α-hetero) is 1. The van der Waals surface area contributed by atoms with Crippen LogP contribution in [0.25, 0.3) is 0 Å². The van der Waals surface area contributed by atoms with Gasteiger partial charge in [-0.2, -0.15) is 0 Å². The van der Waals surface area contributed by atoms with Crippen molar-refractivity contribution in [2.75, 3.05) is 7.11 Å². The SMILES string of the molecule is COc1c(CCCC(C)=O)cc(C)cc1C(C)(C)C. The molecule has 0 heterocycles. The van der Waals surface area contributed by atoms with Crippen molar-refractivity contribution in [2.45, 2.75) is 59.3 Å². The number of methoxy groups -OCH3 is 1. The van der Waals surface area contributed by atoms with Gasteiger partial charge in [-0.3, -0.25) is 0 Å². The summed E-state index contributed by atoms with van der Waals surface area (Å²) in [5, 5.41) is 0. The van der Waals surface area contributed by atoms with E-state index >= 15 is 0 Å². The number of ether oxygens (including phenoxy) is 1. The summed E-state index contributed by atoms with van der Waals surface area (Å²) in [5.41, 5.74) is 3.78. The maximum absolute atomic E-state index is 11.1. The Morgan fingerprint density at radius 1 is 1.26 bits per heavy atom. The largest absolute Gasteiger partial charge is 0.496 e. The van der Waals surface area contributed by atoms with Crippen LogP contribution in [0, 0.1) is 6.92 Å². The second-order valence-corrected chi connectivity index (χ2v) is 6.31. The second kappa shape index (κ2) is 6.23. The Bertz CT molecular complexity index is 453. The lowest BCUT2D eigenvalue weighted by Gasteiger charge is -2.25. The number of hydrogen-bond donors (Lipinski definition) is 0. The zero-order valence-corrected chi connectivity index (χ0v) is 13.1. The van der Waals surface area contributed by atoms with Crippen LogP contribution in [0.5, 0.6) is 5.75 Å². The number of hydrogen-bond acceptors (Lipinski definition) is 2. The quantitative estimate of drug-likeness (QED) is 0.794. The fourth-order valence-electron chi connectivity index (χ4n) is 2.36. The van der Waals surface area contributed by atoms with Crippen molar-refractivity contribution < 1.29 is 9.53 Å². The first-order chi connectivity index (χ1) is 8.75. The van der Waals surface area contributed by atoms with Crippen LogP contribution < -0.4 is 4.74 Å². The van der Waals surface area contributed by atoms with E-state index in [1.165, 1.54) is 16.7 Å². The number of carbonyl (C=O) groups is 1. The minimum atomic E-state index is 0.0622. The molecular formula is C17H26O2. The monoisotopic (exact) mass is 262 g/mol. The predicted molar refractivity (Wildman–Crippen MR) is 80.1 cm³/mol. The van der Waals surface area contributed by atoms with Crippen molar-refractivity contribution in [3.8, 4) is 5.75 Å². The van der Waals surface area contributed by atoms with Gasteiger partial charge in [-0.1, -0.05) is 38.5 Å². The van der Waals surface area contributed by atoms with Gasteiger partial charge in [0, 0.05) is 12.0 Å². The van der Waals surface area contributed by atoms with Gasteiger partial charge in [-0.15, -0.1) is 0 Å². The number of aryl methyl sites for hydroxylation is 2. The van der Waals surface area contributed by atoms with Crippen molar-refractivity contribution in [1.29, 1.82) is 0 Å². The first-order valence-corrected chi connectivity index (χ1v) is 6.93. The van der Waals surface area contributed by atoms with E-state index in [1.54, 1.807) is 14.0 Å². The molecule has 1 aromatic rings. The standard InChI is InChI=1S/C17H26O2/c1-12-10-14(9-7-8-13(2)18)16(19-6)15(11-12)17(3,4)5/h10-11H,7-9H2,1-6H3. The van der Waals surface area contributed by atoms with Gasteiger partial charge in [0.1, 0.15) is 11.5 Å². The summed E-state index contributed by atoms with van der Waals surface area (Å²) in [6, 6.07) is 4.38. The smallest absolute Gasteiger partial charge is 0.129 e. The highest BCUT2D eigenvalue weighted by Crippen LogP contribution is 2.35. The normalized spacial score (nSPS) is 11.5. The highest BCUT2D eigenvalue weighted by atomic mass is 16.5. The van der Waals surface area contributed by atoms with E-state index in [0.717, 1.165) is 18.6 Å². The molecule has 2 nitrogen and oxygen atoms in total. The lowest BCUT2D eigenvalue weighted by Crippen LogP contribution is -2.14. The minimum absolute atomic E-state index is 0.0622. The molecule has 0 saturated carbocycles. The minimum Gasteiger partial charge on any atom is -0.496 e. The topological polar surface area (TPSA) is 26.3 Å². The van der Waals surface area contributed by atoms with Crippen molar-refractivity contribution in [3.05, 3.63) is 28.8 Å². The lowest BCUT2D eigenvalue weighted by atomic mass is 9.83. The molecule has 0 fully saturated rings. The molecular weight excluding hydrogens is 236 g/mol. The van der Waals surface area contributed by atoms with Crippen LogP contribution in [-0.4, -0.2) is 12.9 Å². The average molecular weight is 262 g/mol. The van der Waals surface area contributed by atoms with Gasteiger partial charge in [0.2, 0.25) is 0 Å². The van der Waals surface area contributed by atoms with Crippen LogP contribution in [0.4, 0.5) is 0 Å². The third-order valence-electron chi connectivity index (χ3n) is 3.30. The van der Waals surface area contributed by atoms with Crippen molar-refractivity contribution in [2.24, 2.45) is 0 Å². The van der Waals surface area contributed by atoms with E-state index in [1.807, 2.05) is 0 Å². The maximum Gasteiger partial charge on any atom is 0.129 e. The summed E-state index contributed by atoms with van der Waals surface area (Å²) in [4.78, 5) is 11.1. The van der Waals surface area contributed by atoms with Crippen LogP contribution in [-0.2, 0) is 16.6 Å². The van der Waals surface area contributed by atoms with Crippen LogP contribution in [0.1, 0.15) is 57.2 Å². The average Bonchev–Trinajstić information content (AvgIpc) is 2.26. The van der Waals surface area contributed by atoms with Crippen LogP contribution in [0.15, 0.2) is 12.1 Å². The number of benzene rings is 1. The Kier molecular flexibility index (Phi) is 5.16. The third-order valence-corrected chi connectivity index (χ3v) is 3.30. The maximum atomic E-state index is 11.1. The van der Waals surface area contributed by atoms with E-state index in [0.29, 0.717) is 6.42 Å². The molecule has 2 heteroatoms. The molecule has 0 aliphatic carbocycles.